The SMILES string of the molecule is COCC(=O)N1CCc2c(cc(-c3ccccc3F)c(=O)n2Cc2ccncc2)C1. The minimum absolute atomic E-state index is 0.00611. The molecule has 6 nitrogen and oxygen atoms in total. The number of hydrogen-bond donors (Lipinski definition) is 0. The van der Waals surface area contributed by atoms with Crippen molar-refractivity contribution in [1.29, 1.82) is 0 Å². The lowest BCUT2D eigenvalue weighted by Crippen LogP contribution is -2.41. The lowest BCUT2D eigenvalue weighted by molar-refractivity contribution is -0.136. The van der Waals surface area contributed by atoms with E-state index in [1.165, 1.54) is 13.2 Å². The van der Waals surface area contributed by atoms with Crippen molar-refractivity contribution in [2.45, 2.75) is 19.5 Å². The van der Waals surface area contributed by atoms with Crippen LogP contribution < -0.4 is 5.56 Å². The molecule has 30 heavy (non-hydrogen) atoms. The van der Waals surface area contributed by atoms with Crippen LogP contribution in [0.4, 0.5) is 4.39 Å². The van der Waals surface area contributed by atoms with Gasteiger partial charge in [-0.1, -0.05) is 18.2 Å². The first-order valence-electron chi connectivity index (χ1n) is 9.74. The van der Waals surface area contributed by atoms with E-state index in [-0.39, 0.29) is 23.6 Å². The number of rotatable bonds is 5. The molecule has 1 aliphatic rings. The molecule has 0 aliphatic carbocycles. The molecule has 0 fully saturated rings. The number of carbonyl (C=O) groups is 1. The van der Waals surface area contributed by atoms with Gasteiger partial charge in [0.15, 0.2) is 0 Å². The zero-order chi connectivity index (χ0) is 21.1. The summed E-state index contributed by atoms with van der Waals surface area (Å²) in [7, 11) is 1.48. The topological polar surface area (TPSA) is 64.4 Å². The fourth-order valence-corrected chi connectivity index (χ4v) is 3.86. The summed E-state index contributed by atoms with van der Waals surface area (Å²) in [4.78, 5) is 31.5. The standard InChI is InChI=1S/C23H22FN3O3/c1-30-15-22(28)26-11-8-21-17(14-26)12-19(18-4-2-3-5-20(18)24)23(29)27(21)13-16-6-9-25-10-7-16/h2-7,9-10,12H,8,11,13-15H2,1H3. The molecule has 154 valence electrons. The molecule has 0 unspecified atom stereocenters. The van der Waals surface area contributed by atoms with Crippen molar-refractivity contribution < 1.29 is 13.9 Å². The number of hydrogen-bond acceptors (Lipinski definition) is 4. The quantitative estimate of drug-likeness (QED) is 0.652. The molecule has 0 N–H and O–H groups in total. The summed E-state index contributed by atoms with van der Waals surface area (Å²) in [5.74, 6) is -0.560. The van der Waals surface area contributed by atoms with Crippen LogP contribution in [0.2, 0.25) is 0 Å². The summed E-state index contributed by atoms with van der Waals surface area (Å²) in [6, 6.07) is 11.7. The van der Waals surface area contributed by atoms with Crippen LogP contribution in [-0.2, 0) is 29.0 Å². The Bertz CT molecular complexity index is 1130. The molecular formula is C23H22FN3O3. The lowest BCUT2D eigenvalue weighted by atomic mass is 9.98. The number of aromatic nitrogens is 2. The van der Waals surface area contributed by atoms with Crippen molar-refractivity contribution in [3.8, 4) is 11.1 Å². The number of ether oxygens (including phenoxy) is 1. The summed E-state index contributed by atoms with van der Waals surface area (Å²) in [5.41, 5.74) is 2.96. The maximum absolute atomic E-state index is 14.5. The molecule has 2 aromatic heterocycles. The summed E-state index contributed by atoms with van der Waals surface area (Å²) < 4.78 is 21.2. The van der Waals surface area contributed by atoms with E-state index in [0.29, 0.717) is 31.6 Å². The maximum atomic E-state index is 14.5. The Labute approximate surface area is 173 Å². The average Bonchev–Trinajstić information content (AvgIpc) is 2.76. The Hall–Kier alpha value is -3.32. The highest BCUT2D eigenvalue weighted by molar-refractivity contribution is 5.78. The van der Waals surface area contributed by atoms with E-state index >= 15 is 0 Å². The Morgan fingerprint density at radius 1 is 1.17 bits per heavy atom. The zero-order valence-electron chi connectivity index (χ0n) is 16.7. The number of fused-ring (bicyclic) bond motifs is 1. The van der Waals surface area contributed by atoms with Crippen LogP contribution in [0.3, 0.4) is 0 Å². The van der Waals surface area contributed by atoms with Gasteiger partial charge >= 0.3 is 0 Å². The highest BCUT2D eigenvalue weighted by Gasteiger charge is 2.25. The van der Waals surface area contributed by atoms with E-state index in [1.54, 1.807) is 46.1 Å². The molecule has 0 radical (unpaired) electrons. The van der Waals surface area contributed by atoms with Crippen molar-refractivity contribution >= 4 is 5.91 Å². The Morgan fingerprint density at radius 2 is 1.93 bits per heavy atom. The van der Waals surface area contributed by atoms with Gasteiger partial charge in [-0.25, -0.2) is 4.39 Å². The number of benzene rings is 1. The van der Waals surface area contributed by atoms with Crippen LogP contribution in [0.5, 0.6) is 0 Å². The molecule has 4 rings (SSSR count). The molecule has 3 aromatic rings. The summed E-state index contributed by atoms with van der Waals surface area (Å²) in [6.45, 7) is 1.23. The van der Waals surface area contributed by atoms with Crippen LogP contribution in [0.15, 0.2) is 59.7 Å². The molecule has 1 aliphatic heterocycles. The molecular weight excluding hydrogens is 385 g/mol. The third kappa shape index (κ3) is 3.89. The van der Waals surface area contributed by atoms with Crippen molar-refractivity contribution in [2.24, 2.45) is 0 Å². The minimum atomic E-state index is -0.451. The maximum Gasteiger partial charge on any atom is 0.259 e. The normalized spacial score (nSPS) is 13.2. The van der Waals surface area contributed by atoms with Crippen LogP contribution in [0, 0.1) is 5.82 Å². The van der Waals surface area contributed by atoms with Gasteiger partial charge in [-0.2, -0.15) is 0 Å². The summed E-state index contributed by atoms with van der Waals surface area (Å²) in [5, 5.41) is 0. The van der Waals surface area contributed by atoms with Gasteiger partial charge in [0.2, 0.25) is 5.91 Å². The van der Waals surface area contributed by atoms with Gasteiger partial charge in [0, 0.05) is 50.3 Å². The number of carbonyl (C=O) groups excluding carboxylic acids is 1. The largest absolute Gasteiger partial charge is 0.375 e. The lowest BCUT2D eigenvalue weighted by Gasteiger charge is -2.31. The monoisotopic (exact) mass is 407 g/mol. The average molecular weight is 407 g/mol. The van der Waals surface area contributed by atoms with Gasteiger partial charge < -0.3 is 14.2 Å². The van der Waals surface area contributed by atoms with Crippen LogP contribution in [0.25, 0.3) is 11.1 Å². The predicted octanol–water partition coefficient (Wildman–Crippen LogP) is 2.63. The van der Waals surface area contributed by atoms with E-state index in [9.17, 15) is 14.0 Å². The van der Waals surface area contributed by atoms with E-state index in [4.69, 9.17) is 4.74 Å². The van der Waals surface area contributed by atoms with Gasteiger partial charge in [0.1, 0.15) is 12.4 Å². The molecule has 3 heterocycles. The first-order chi connectivity index (χ1) is 14.6. The molecule has 7 heteroatoms. The summed E-state index contributed by atoms with van der Waals surface area (Å²) >= 11 is 0. The molecule has 0 saturated carbocycles. The number of amides is 1. The number of methoxy groups -OCH3 is 1. The predicted molar refractivity (Wildman–Crippen MR) is 110 cm³/mol. The second kappa shape index (κ2) is 8.59. The highest BCUT2D eigenvalue weighted by Crippen LogP contribution is 2.26. The van der Waals surface area contributed by atoms with Crippen molar-refractivity contribution in [1.82, 2.24) is 14.5 Å². The van der Waals surface area contributed by atoms with Gasteiger partial charge in [0.05, 0.1) is 12.1 Å². The molecule has 0 atom stereocenters. The van der Waals surface area contributed by atoms with Crippen molar-refractivity contribution in [3.63, 3.8) is 0 Å². The van der Waals surface area contributed by atoms with Gasteiger partial charge in [-0.3, -0.25) is 14.6 Å². The van der Waals surface area contributed by atoms with Crippen molar-refractivity contribution in [2.75, 3.05) is 20.3 Å². The van der Waals surface area contributed by atoms with E-state index in [1.807, 2.05) is 12.1 Å². The van der Waals surface area contributed by atoms with E-state index in [2.05, 4.69) is 4.98 Å². The molecule has 0 spiro atoms. The molecule has 0 bridgehead atoms. The summed E-state index contributed by atoms with van der Waals surface area (Å²) in [6.07, 6.45) is 3.90. The first-order valence-corrected chi connectivity index (χ1v) is 9.74. The minimum Gasteiger partial charge on any atom is -0.375 e. The molecule has 1 amide bonds. The third-order valence-corrected chi connectivity index (χ3v) is 5.34. The second-order valence-electron chi connectivity index (χ2n) is 7.25. The van der Waals surface area contributed by atoms with E-state index in [0.717, 1.165) is 16.8 Å². The number of nitrogens with zero attached hydrogens (tertiary/aromatic N) is 3. The van der Waals surface area contributed by atoms with Gasteiger partial charge in [-0.15, -0.1) is 0 Å². The smallest absolute Gasteiger partial charge is 0.259 e. The fourth-order valence-electron chi connectivity index (χ4n) is 3.86. The molecule has 0 saturated heterocycles. The fraction of sp³-hybridized carbons (Fsp3) is 0.261. The van der Waals surface area contributed by atoms with Crippen LogP contribution in [0.1, 0.15) is 16.8 Å². The Morgan fingerprint density at radius 3 is 2.67 bits per heavy atom. The Balaban J connectivity index is 1.84. The second-order valence-corrected chi connectivity index (χ2v) is 7.25. The van der Waals surface area contributed by atoms with Gasteiger partial charge in [-0.05, 0) is 35.4 Å². The highest BCUT2D eigenvalue weighted by atomic mass is 19.1. The zero-order valence-corrected chi connectivity index (χ0v) is 16.7. The first kappa shape index (κ1) is 20.0. The number of halogens is 1. The third-order valence-electron chi connectivity index (χ3n) is 5.34. The van der Waals surface area contributed by atoms with Crippen LogP contribution >= 0.6 is 0 Å². The van der Waals surface area contributed by atoms with Gasteiger partial charge in [0.25, 0.3) is 5.56 Å². The number of pyridine rings is 2. The van der Waals surface area contributed by atoms with Crippen molar-refractivity contribution in [3.05, 3.63) is 87.9 Å². The van der Waals surface area contributed by atoms with Crippen LogP contribution in [-0.4, -0.2) is 40.6 Å². The molecule has 1 aromatic carbocycles. The van der Waals surface area contributed by atoms with E-state index < -0.39 is 5.82 Å². The Kier molecular flexibility index (Phi) is 5.72.